The minimum atomic E-state index is -0.482. The van der Waals surface area contributed by atoms with Crippen molar-refractivity contribution in [2.24, 2.45) is 5.10 Å². The molecule has 3 aromatic carbocycles. The van der Waals surface area contributed by atoms with E-state index in [2.05, 4.69) is 15.8 Å². The van der Waals surface area contributed by atoms with Crippen LogP contribution in [-0.2, 0) is 11.4 Å². The number of hydrogen-bond donors (Lipinski definition) is 2. The summed E-state index contributed by atoms with van der Waals surface area (Å²) in [5.74, 6) is -0.662. The van der Waals surface area contributed by atoms with Crippen LogP contribution in [0.1, 0.15) is 27.0 Å². The average molecular weight is 419 g/mol. The van der Waals surface area contributed by atoms with Crippen LogP contribution in [0.3, 0.4) is 0 Å². The van der Waals surface area contributed by atoms with Crippen molar-refractivity contribution in [3.63, 3.8) is 0 Å². The number of benzene rings is 3. The van der Waals surface area contributed by atoms with Gasteiger partial charge in [-0.1, -0.05) is 29.8 Å². The molecule has 0 fully saturated rings. The fourth-order valence-electron chi connectivity index (χ4n) is 2.58. The molecule has 2 amide bonds. The number of aryl methyl sites for hydroxylation is 1. The van der Waals surface area contributed by atoms with Crippen LogP contribution in [0.2, 0.25) is 0 Å². The zero-order valence-corrected chi connectivity index (χ0v) is 17.0. The van der Waals surface area contributed by atoms with E-state index in [-0.39, 0.29) is 12.1 Å². The number of hydrazone groups is 1. The lowest BCUT2D eigenvalue weighted by molar-refractivity contribution is -0.120. The Bertz CT molecular complexity index is 1050. The predicted octanol–water partition coefficient (Wildman–Crippen LogP) is 3.59. The third-order valence-corrected chi connectivity index (χ3v) is 4.32. The van der Waals surface area contributed by atoms with Crippen molar-refractivity contribution in [1.82, 2.24) is 10.7 Å². The van der Waals surface area contributed by atoms with Crippen LogP contribution in [-0.4, -0.2) is 24.6 Å². The van der Waals surface area contributed by atoms with Gasteiger partial charge in [0.05, 0.1) is 12.8 Å². The lowest BCUT2D eigenvalue weighted by Gasteiger charge is -2.07. The summed E-state index contributed by atoms with van der Waals surface area (Å²) in [5, 5.41) is 6.31. The molecule has 0 aromatic heterocycles. The van der Waals surface area contributed by atoms with Crippen molar-refractivity contribution >= 4 is 18.0 Å². The van der Waals surface area contributed by atoms with Gasteiger partial charge in [-0.05, 0) is 66.6 Å². The zero-order valence-electron chi connectivity index (χ0n) is 17.0. The van der Waals surface area contributed by atoms with Gasteiger partial charge in [0.15, 0.2) is 0 Å². The van der Waals surface area contributed by atoms with Crippen LogP contribution in [0, 0.1) is 12.7 Å². The van der Waals surface area contributed by atoms with E-state index in [1.807, 2.05) is 55.5 Å². The summed E-state index contributed by atoms with van der Waals surface area (Å²) in [7, 11) is 0. The summed E-state index contributed by atoms with van der Waals surface area (Å²) in [6, 6.07) is 20.5. The molecule has 0 saturated heterocycles. The number of nitrogens with zero attached hydrogens (tertiary/aromatic N) is 1. The first-order chi connectivity index (χ1) is 15.0. The molecule has 7 heteroatoms. The Labute approximate surface area is 179 Å². The molecule has 6 nitrogen and oxygen atoms in total. The molecule has 0 unspecified atom stereocenters. The third kappa shape index (κ3) is 7.08. The van der Waals surface area contributed by atoms with Crippen molar-refractivity contribution in [1.29, 1.82) is 0 Å². The SMILES string of the molecule is Cc1ccc(COc2ccc(/C=N/NC(=O)CNC(=O)c3ccc(F)cc3)cc2)cc1. The van der Waals surface area contributed by atoms with Crippen LogP contribution in [0.4, 0.5) is 4.39 Å². The van der Waals surface area contributed by atoms with Gasteiger partial charge in [-0.25, -0.2) is 9.82 Å². The first kappa shape index (κ1) is 21.7. The number of nitrogens with one attached hydrogen (secondary N) is 2. The number of hydrogen-bond acceptors (Lipinski definition) is 4. The number of halogens is 1. The van der Waals surface area contributed by atoms with E-state index in [1.54, 1.807) is 0 Å². The van der Waals surface area contributed by atoms with E-state index in [4.69, 9.17) is 4.74 Å². The molecule has 0 heterocycles. The number of rotatable bonds is 8. The molecule has 0 spiro atoms. The lowest BCUT2D eigenvalue weighted by atomic mass is 10.2. The lowest BCUT2D eigenvalue weighted by Crippen LogP contribution is -2.34. The second-order valence-electron chi connectivity index (χ2n) is 6.83. The predicted molar refractivity (Wildman–Crippen MR) is 116 cm³/mol. The molecular weight excluding hydrogens is 397 g/mol. The molecule has 0 saturated carbocycles. The fourth-order valence-corrected chi connectivity index (χ4v) is 2.58. The Morgan fingerprint density at radius 3 is 2.32 bits per heavy atom. The first-order valence-corrected chi connectivity index (χ1v) is 9.64. The summed E-state index contributed by atoms with van der Waals surface area (Å²) < 4.78 is 18.6. The maximum absolute atomic E-state index is 12.9. The highest BCUT2D eigenvalue weighted by Gasteiger charge is 2.07. The Balaban J connectivity index is 1.40. The second-order valence-corrected chi connectivity index (χ2v) is 6.83. The van der Waals surface area contributed by atoms with Crippen molar-refractivity contribution in [3.8, 4) is 5.75 Å². The average Bonchev–Trinajstić information content (AvgIpc) is 2.78. The van der Waals surface area contributed by atoms with Crippen LogP contribution in [0.5, 0.6) is 5.75 Å². The Morgan fingerprint density at radius 1 is 0.968 bits per heavy atom. The minimum Gasteiger partial charge on any atom is -0.489 e. The van der Waals surface area contributed by atoms with Crippen LogP contribution in [0.25, 0.3) is 0 Å². The summed E-state index contributed by atoms with van der Waals surface area (Å²) in [5.41, 5.74) is 5.67. The Morgan fingerprint density at radius 2 is 1.65 bits per heavy atom. The van der Waals surface area contributed by atoms with Crippen molar-refractivity contribution in [3.05, 3.63) is 101 Å². The summed E-state index contributed by atoms with van der Waals surface area (Å²) in [6.07, 6.45) is 1.49. The third-order valence-electron chi connectivity index (χ3n) is 4.32. The first-order valence-electron chi connectivity index (χ1n) is 9.64. The summed E-state index contributed by atoms with van der Waals surface area (Å²) in [6.45, 7) is 2.27. The van der Waals surface area contributed by atoms with Gasteiger partial charge >= 0.3 is 0 Å². The van der Waals surface area contributed by atoms with Gasteiger partial charge in [0, 0.05) is 5.56 Å². The standard InChI is InChI=1S/C24H22FN3O3/c1-17-2-4-19(5-3-17)16-31-22-12-6-18(7-13-22)14-27-28-23(29)15-26-24(30)20-8-10-21(25)11-9-20/h2-14H,15-16H2,1H3,(H,26,30)(H,28,29)/b27-14+. The van der Waals surface area contributed by atoms with Gasteiger partial charge in [0.25, 0.3) is 11.8 Å². The number of amides is 2. The van der Waals surface area contributed by atoms with E-state index in [0.717, 1.165) is 16.9 Å². The zero-order chi connectivity index (χ0) is 22.1. The molecule has 0 radical (unpaired) electrons. The Kier molecular flexibility index (Phi) is 7.48. The monoisotopic (exact) mass is 419 g/mol. The van der Waals surface area contributed by atoms with Crippen molar-refractivity contribution in [2.75, 3.05) is 6.54 Å². The molecule has 3 aromatic rings. The van der Waals surface area contributed by atoms with E-state index in [0.29, 0.717) is 6.61 Å². The van der Waals surface area contributed by atoms with Gasteiger partial charge in [-0.2, -0.15) is 5.10 Å². The van der Waals surface area contributed by atoms with Crippen LogP contribution >= 0.6 is 0 Å². The maximum atomic E-state index is 12.9. The second kappa shape index (κ2) is 10.7. The van der Waals surface area contributed by atoms with E-state index >= 15 is 0 Å². The van der Waals surface area contributed by atoms with Gasteiger partial charge in [-0.15, -0.1) is 0 Å². The van der Waals surface area contributed by atoms with Crippen molar-refractivity contribution < 1.29 is 18.7 Å². The molecule has 0 aliphatic rings. The molecule has 0 aliphatic carbocycles. The van der Waals surface area contributed by atoms with E-state index in [9.17, 15) is 14.0 Å². The minimum absolute atomic E-state index is 0.251. The van der Waals surface area contributed by atoms with E-state index in [1.165, 1.54) is 36.0 Å². The number of carbonyl (C=O) groups is 2. The highest BCUT2D eigenvalue weighted by molar-refractivity contribution is 5.96. The largest absolute Gasteiger partial charge is 0.489 e. The molecule has 158 valence electrons. The van der Waals surface area contributed by atoms with Crippen LogP contribution in [0.15, 0.2) is 77.9 Å². The molecule has 3 rings (SSSR count). The van der Waals surface area contributed by atoms with Gasteiger partial charge in [0.2, 0.25) is 0 Å². The smallest absolute Gasteiger partial charge is 0.259 e. The topological polar surface area (TPSA) is 79.8 Å². The van der Waals surface area contributed by atoms with Crippen LogP contribution < -0.4 is 15.5 Å². The highest BCUT2D eigenvalue weighted by Crippen LogP contribution is 2.14. The highest BCUT2D eigenvalue weighted by atomic mass is 19.1. The maximum Gasteiger partial charge on any atom is 0.259 e. The molecule has 0 atom stereocenters. The summed E-state index contributed by atoms with van der Waals surface area (Å²) in [4.78, 5) is 23.7. The van der Waals surface area contributed by atoms with Gasteiger partial charge < -0.3 is 10.1 Å². The molecule has 0 aliphatic heterocycles. The molecular formula is C24H22FN3O3. The molecule has 31 heavy (non-hydrogen) atoms. The molecule has 0 bridgehead atoms. The Hall–Kier alpha value is -4.00. The normalized spacial score (nSPS) is 10.6. The van der Waals surface area contributed by atoms with Gasteiger partial charge in [-0.3, -0.25) is 9.59 Å². The number of ether oxygens (including phenoxy) is 1. The van der Waals surface area contributed by atoms with Crippen molar-refractivity contribution in [2.45, 2.75) is 13.5 Å². The fraction of sp³-hybridized carbons (Fsp3) is 0.125. The van der Waals surface area contributed by atoms with E-state index < -0.39 is 17.6 Å². The quantitative estimate of drug-likeness (QED) is 0.433. The van der Waals surface area contributed by atoms with Gasteiger partial charge in [0.1, 0.15) is 18.2 Å². The summed E-state index contributed by atoms with van der Waals surface area (Å²) >= 11 is 0. The number of carbonyl (C=O) groups excluding carboxylic acids is 2. The molecule has 2 N–H and O–H groups in total.